The van der Waals surface area contributed by atoms with E-state index in [0.717, 1.165) is 11.3 Å². The Bertz CT molecular complexity index is 658. The van der Waals surface area contributed by atoms with E-state index in [1.165, 1.54) is 16.8 Å². The molecular weight excluding hydrogens is 271 g/mol. The number of carbonyl (C=O) groups is 1. The highest BCUT2D eigenvalue weighted by molar-refractivity contribution is 5.92. The third kappa shape index (κ3) is 3.46. The summed E-state index contributed by atoms with van der Waals surface area (Å²) >= 11 is 0. The van der Waals surface area contributed by atoms with Crippen molar-refractivity contribution in [3.05, 3.63) is 53.1 Å². The number of nitrogen functional groups attached to an aromatic ring is 1. The first-order valence-corrected chi connectivity index (χ1v) is 6.65. The SMILES string of the molecule is CC(C)(C)c1cc(C(=O)NN)n(Cc2cccc(F)c2)n1. The summed E-state index contributed by atoms with van der Waals surface area (Å²) in [4.78, 5) is 11.9. The number of nitrogens with one attached hydrogen (secondary N) is 1. The van der Waals surface area contributed by atoms with Crippen LogP contribution in [0.25, 0.3) is 0 Å². The molecule has 0 aliphatic rings. The molecule has 5 nitrogen and oxygen atoms in total. The molecule has 0 spiro atoms. The highest BCUT2D eigenvalue weighted by Gasteiger charge is 2.22. The molecular formula is C15H19FN4O. The molecule has 0 fully saturated rings. The van der Waals surface area contributed by atoms with Gasteiger partial charge in [0.15, 0.2) is 0 Å². The van der Waals surface area contributed by atoms with Gasteiger partial charge in [0.2, 0.25) is 0 Å². The van der Waals surface area contributed by atoms with Gasteiger partial charge in [-0.2, -0.15) is 5.10 Å². The molecule has 1 aromatic carbocycles. The Morgan fingerprint density at radius 1 is 1.38 bits per heavy atom. The van der Waals surface area contributed by atoms with Gasteiger partial charge in [-0.15, -0.1) is 0 Å². The summed E-state index contributed by atoms with van der Waals surface area (Å²) in [5.74, 6) is 4.47. The van der Waals surface area contributed by atoms with Crippen LogP contribution in [-0.4, -0.2) is 15.7 Å². The molecule has 1 heterocycles. The molecule has 0 unspecified atom stereocenters. The van der Waals surface area contributed by atoms with E-state index in [2.05, 4.69) is 10.5 Å². The van der Waals surface area contributed by atoms with E-state index in [1.54, 1.807) is 18.2 Å². The number of hydrogen-bond acceptors (Lipinski definition) is 3. The van der Waals surface area contributed by atoms with Crippen molar-refractivity contribution in [2.45, 2.75) is 32.7 Å². The van der Waals surface area contributed by atoms with Crippen molar-refractivity contribution in [2.75, 3.05) is 0 Å². The van der Waals surface area contributed by atoms with Gasteiger partial charge in [-0.25, -0.2) is 10.2 Å². The van der Waals surface area contributed by atoms with Gasteiger partial charge in [-0.05, 0) is 23.8 Å². The van der Waals surface area contributed by atoms with E-state index in [1.807, 2.05) is 20.8 Å². The fourth-order valence-corrected chi connectivity index (χ4v) is 1.97. The second kappa shape index (κ2) is 5.65. The predicted molar refractivity (Wildman–Crippen MR) is 78.1 cm³/mol. The first kappa shape index (κ1) is 15.2. The molecule has 0 atom stereocenters. The summed E-state index contributed by atoms with van der Waals surface area (Å²) in [6.07, 6.45) is 0. The normalized spacial score (nSPS) is 11.5. The first-order chi connectivity index (χ1) is 9.81. The van der Waals surface area contributed by atoms with Crippen molar-refractivity contribution < 1.29 is 9.18 Å². The van der Waals surface area contributed by atoms with Crippen LogP contribution in [0.4, 0.5) is 4.39 Å². The minimum Gasteiger partial charge on any atom is -0.289 e. The third-order valence-electron chi connectivity index (χ3n) is 3.13. The summed E-state index contributed by atoms with van der Waals surface area (Å²) in [7, 11) is 0. The van der Waals surface area contributed by atoms with E-state index in [-0.39, 0.29) is 11.2 Å². The maximum absolute atomic E-state index is 13.3. The highest BCUT2D eigenvalue weighted by Crippen LogP contribution is 2.22. The molecule has 0 radical (unpaired) electrons. The van der Waals surface area contributed by atoms with Gasteiger partial charge >= 0.3 is 0 Å². The molecule has 2 rings (SSSR count). The van der Waals surface area contributed by atoms with Crippen LogP contribution in [0.2, 0.25) is 0 Å². The summed E-state index contributed by atoms with van der Waals surface area (Å²) in [6.45, 7) is 6.32. The number of hydrazine groups is 1. The first-order valence-electron chi connectivity index (χ1n) is 6.65. The van der Waals surface area contributed by atoms with Gasteiger partial charge in [0.05, 0.1) is 12.2 Å². The van der Waals surface area contributed by atoms with Gasteiger partial charge in [-0.1, -0.05) is 32.9 Å². The zero-order valence-corrected chi connectivity index (χ0v) is 12.4. The summed E-state index contributed by atoms with van der Waals surface area (Å²) in [5.41, 5.74) is 3.77. The van der Waals surface area contributed by atoms with Crippen LogP contribution in [0.15, 0.2) is 30.3 Å². The smallest absolute Gasteiger partial charge is 0.283 e. The van der Waals surface area contributed by atoms with Crippen LogP contribution < -0.4 is 11.3 Å². The quantitative estimate of drug-likeness (QED) is 0.515. The summed E-state index contributed by atoms with van der Waals surface area (Å²) < 4.78 is 14.8. The van der Waals surface area contributed by atoms with Crippen LogP contribution >= 0.6 is 0 Å². The number of hydrogen-bond donors (Lipinski definition) is 2. The van der Waals surface area contributed by atoms with Crippen molar-refractivity contribution in [1.29, 1.82) is 0 Å². The number of nitrogens with zero attached hydrogens (tertiary/aromatic N) is 2. The van der Waals surface area contributed by atoms with Crippen molar-refractivity contribution in [3.63, 3.8) is 0 Å². The van der Waals surface area contributed by atoms with Gasteiger partial charge < -0.3 is 0 Å². The lowest BCUT2D eigenvalue weighted by Crippen LogP contribution is -2.32. The summed E-state index contributed by atoms with van der Waals surface area (Å²) in [5, 5.41) is 4.45. The second-order valence-corrected chi connectivity index (χ2v) is 5.93. The monoisotopic (exact) mass is 290 g/mol. The molecule has 0 aliphatic heterocycles. The van der Waals surface area contributed by atoms with Crippen LogP contribution in [0.1, 0.15) is 42.5 Å². The topological polar surface area (TPSA) is 72.9 Å². The van der Waals surface area contributed by atoms with Gasteiger partial charge in [-0.3, -0.25) is 14.9 Å². The van der Waals surface area contributed by atoms with Gasteiger partial charge in [0, 0.05) is 5.41 Å². The van der Waals surface area contributed by atoms with Crippen molar-refractivity contribution in [2.24, 2.45) is 5.84 Å². The molecule has 1 aromatic heterocycles. The fraction of sp³-hybridized carbons (Fsp3) is 0.333. The third-order valence-corrected chi connectivity index (χ3v) is 3.13. The van der Waals surface area contributed by atoms with Crippen LogP contribution in [0.5, 0.6) is 0 Å². The lowest BCUT2D eigenvalue weighted by molar-refractivity contribution is 0.0943. The number of benzene rings is 1. The van der Waals surface area contributed by atoms with Crippen LogP contribution in [0, 0.1) is 5.82 Å². The Morgan fingerprint density at radius 3 is 2.67 bits per heavy atom. The van der Waals surface area contributed by atoms with Crippen molar-refractivity contribution in [3.8, 4) is 0 Å². The average molecular weight is 290 g/mol. The Morgan fingerprint density at radius 2 is 2.10 bits per heavy atom. The van der Waals surface area contributed by atoms with Gasteiger partial charge in [0.1, 0.15) is 11.5 Å². The van der Waals surface area contributed by atoms with E-state index < -0.39 is 5.91 Å². The number of rotatable bonds is 3. The van der Waals surface area contributed by atoms with E-state index in [4.69, 9.17) is 5.84 Å². The highest BCUT2D eigenvalue weighted by atomic mass is 19.1. The number of aromatic nitrogens is 2. The Hall–Kier alpha value is -2.21. The molecule has 6 heteroatoms. The minimum absolute atomic E-state index is 0.198. The average Bonchev–Trinajstić information content (AvgIpc) is 2.82. The standard InChI is InChI=1S/C15H19FN4O/c1-15(2,3)13-8-12(14(21)18-17)20(19-13)9-10-5-4-6-11(16)7-10/h4-8H,9,17H2,1-3H3,(H,18,21). The Balaban J connectivity index is 2.41. The van der Waals surface area contributed by atoms with Crippen molar-refractivity contribution >= 4 is 5.91 Å². The number of halogens is 1. The second-order valence-electron chi connectivity index (χ2n) is 5.93. The number of carbonyl (C=O) groups excluding carboxylic acids is 1. The molecule has 112 valence electrons. The van der Waals surface area contributed by atoms with Crippen LogP contribution in [-0.2, 0) is 12.0 Å². The molecule has 0 bridgehead atoms. The van der Waals surface area contributed by atoms with Crippen molar-refractivity contribution in [1.82, 2.24) is 15.2 Å². The molecule has 0 aliphatic carbocycles. The zero-order valence-electron chi connectivity index (χ0n) is 12.4. The zero-order chi connectivity index (χ0) is 15.6. The van der Waals surface area contributed by atoms with E-state index in [0.29, 0.717) is 12.2 Å². The minimum atomic E-state index is -0.422. The molecule has 3 N–H and O–H groups in total. The number of nitrogens with two attached hydrogens (primary N) is 1. The van der Waals surface area contributed by atoms with Gasteiger partial charge in [0.25, 0.3) is 5.91 Å². The lowest BCUT2D eigenvalue weighted by atomic mass is 9.92. The Kier molecular flexibility index (Phi) is 4.09. The maximum atomic E-state index is 13.3. The Labute approximate surface area is 122 Å². The van der Waals surface area contributed by atoms with E-state index in [9.17, 15) is 9.18 Å². The van der Waals surface area contributed by atoms with E-state index >= 15 is 0 Å². The number of amides is 1. The maximum Gasteiger partial charge on any atom is 0.283 e. The molecule has 0 saturated carbocycles. The lowest BCUT2D eigenvalue weighted by Gasteiger charge is -2.14. The molecule has 1 amide bonds. The van der Waals surface area contributed by atoms with Crippen LogP contribution in [0.3, 0.4) is 0 Å². The summed E-state index contributed by atoms with van der Waals surface area (Å²) in [6, 6.07) is 7.91. The predicted octanol–water partition coefficient (Wildman–Crippen LogP) is 1.97. The molecule has 21 heavy (non-hydrogen) atoms. The molecule has 0 saturated heterocycles. The fourth-order valence-electron chi connectivity index (χ4n) is 1.97. The largest absolute Gasteiger partial charge is 0.289 e. The molecule has 2 aromatic rings.